The minimum absolute atomic E-state index is 0.231. The molecule has 0 atom stereocenters. The van der Waals surface area contributed by atoms with Crippen molar-refractivity contribution in [2.45, 2.75) is 19.6 Å². The van der Waals surface area contributed by atoms with Crippen LogP contribution in [0.1, 0.15) is 0 Å². The van der Waals surface area contributed by atoms with Gasteiger partial charge >= 0.3 is 0 Å². The Labute approximate surface area is 202 Å². The Bertz CT molecular complexity index is 2050. The van der Waals surface area contributed by atoms with E-state index in [9.17, 15) is 51.9 Å². The van der Waals surface area contributed by atoms with Gasteiger partial charge in [-0.05, 0) is 41.8 Å². The smallest absolute Gasteiger partial charge is 0.296 e. The van der Waals surface area contributed by atoms with Crippen LogP contribution in [-0.4, -0.2) is 66.9 Å². The summed E-state index contributed by atoms with van der Waals surface area (Å²) in [6.45, 7) is 0. The molecule has 0 aliphatic heterocycles. The van der Waals surface area contributed by atoms with Crippen LogP contribution in [0.15, 0.2) is 56.0 Å². The first-order valence-corrected chi connectivity index (χ1v) is 14.7. The van der Waals surface area contributed by atoms with Crippen molar-refractivity contribution in [1.82, 2.24) is 15.0 Å². The van der Waals surface area contributed by atoms with E-state index < -0.39 is 81.9 Å². The van der Waals surface area contributed by atoms with Gasteiger partial charge in [-0.1, -0.05) is 0 Å². The van der Waals surface area contributed by atoms with Crippen molar-refractivity contribution < 1.29 is 51.9 Å². The van der Waals surface area contributed by atoms with Gasteiger partial charge in [0.25, 0.3) is 40.5 Å². The van der Waals surface area contributed by atoms with Crippen molar-refractivity contribution in [1.29, 1.82) is 0 Å². The third-order valence-electron chi connectivity index (χ3n) is 4.84. The van der Waals surface area contributed by atoms with Gasteiger partial charge in [0.15, 0.2) is 0 Å². The zero-order valence-electron chi connectivity index (χ0n) is 17.1. The second kappa shape index (κ2) is 7.88. The first kappa shape index (κ1) is 25.8. The monoisotopic (exact) mass is 580 g/mol. The van der Waals surface area contributed by atoms with Crippen LogP contribution in [0, 0.1) is 0 Å². The number of fused-ring (bicyclic) bond motifs is 3. The van der Waals surface area contributed by atoms with Crippen molar-refractivity contribution in [2.75, 3.05) is 5.73 Å². The zero-order valence-corrected chi connectivity index (χ0v) is 20.3. The van der Waals surface area contributed by atoms with Gasteiger partial charge in [-0.2, -0.15) is 38.5 Å². The first-order chi connectivity index (χ1) is 16.3. The van der Waals surface area contributed by atoms with Crippen LogP contribution in [0.3, 0.4) is 0 Å². The van der Waals surface area contributed by atoms with Gasteiger partial charge in [0, 0.05) is 5.39 Å². The van der Waals surface area contributed by atoms with E-state index in [0.717, 1.165) is 18.2 Å². The first-order valence-electron chi connectivity index (χ1n) is 8.96. The van der Waals surface area contributed by atoms with Crippen molar-refractivity contribution in [3.8, 4) is 5.69 Å². The molecule has 6 N–H and O–H groups in total. The molecule has 4 aromatic rings. The predicted molar refractivity (Wildman–Crippen MR) is 120 cm³/mol. The molecule has 0 fully saturated rings. The molecule has 0 saturated carbocycles. The average Bonchev–Trinajstić information content (AvgIpc) is 3.14. The lowest BCUT2D eigenvalue weighted by Gasteiger charge is -2.09. The van der Waals surface area contributed by atoms with E-state index in [2.05, 4.69) is 10.2 Å². The topological polar surface area (TPSA) is 274 Å². The van der Waals surface area contributed by atoms with Crippen LogP contribution in [-0.2, 0) is 40.5 Å². The maximum Gasteiger partial charge on any atom is 0.296 e. The highest BCUT2D eigenvalue weighted by Gasteiger charge is 2.28. The second-order valence-electron chi connectivity index (χ2n) is 7.20. The number of rotatable bonds is 5. The SMILES string of the molecule is Nc1ccc(-n2nc3c(S(=O)(=O)O)cc4cc(S(=O)(=O)O)cc(S(=O)(=O)O)c4c3n2)cc1S(=O)(=O)O. The number of hydrogen-bond acceptors (Lipinski definition) is 11. The van der Waals surface area contributed by atoms with Gasteiger partial charge in [-0.3, -0.25) is 18.2 Å². The number of nitrogens with two attached hydrogens (primary N) is 1. The molecule has 0 aliphatic rings. The number of anilines is 1. The standard InChI is InChI=1S/C16H12N4O12S4/c17-10-2-1-8(5-11(10)34(24,25)26)20-18-15-13(36(30,31)32)4-7-3-9(33(21,22)23)6-12(35(27,28)29)14(7)16(15)19-20/h1-6H,17H2,(H,21,22,23)(H,24,25,26)(H,27,28,29)(H,30,31,32). The summed E-state index contributed by atoms with van der Waals surface area (Å²) in [6.07, 6.45) is 0. The molecule has 20 heteroatoms. The molecule has 0 unspecified atom stereocenters. The van der Waals surface area contributed by atoms with Gasteiger partial charge < -0.3 is 5.73 Å². The molecule has 3 aromatic carbocycles. The Kier molecular flexibility index (Phi) is 5.66. The summed E-state index contributed by atoms with van der Waals surface area (Å²) < 4.78 is 133. The number of nitrogens with zero attached hydrogens (tertiary/aromatic N) is 3. The van der Waals surface area contributed by atoms with E-state index in [0.29, 0.717) is 23.0 Å². The molecule has 36 heavy (non-hydrogen) atoms. The van der Waals surface area contributed by atoms with Crippen LogP contribution in [0.4, 0.5) is 5.69 Å². The summed E-state index contributed by atoms with van der Waals surface area (Å²) in [6, 6.07) is 4.67. The van der Waals surface area contributed by atoms with Crippen LogP contribution in [0.2, 0.25) is 0 Å². The summed E-state index contributed by atoms with van der Waals surface area (Å²) in [7, 11) is -20.2. The van der Waals surface area contributed by atoms with Gasteiger partial charge in [-0.15, -0.1) is 10.2 Å². The molecule has 1 aromatic heterocycles. The molecule has 0 aliphatic carbocycles. The highest BCUT2D eigenvalue weighted by atomic mass is 32.2. The Morgan fingerprint density at radius 1 is 0.639 bits per heavy atom. The van der Waals surface area contributed by atoms with Crippen molar-refractivity contribution >= 4 is 68.0 Å². The Morgan fingerprint density at radius 3 is 1.72 bits per heavy atom. The molecule has 16 nitrogen and oxygen atoms in total. The number of nitrogen functional groups attached to an aromatic ring is 1. The molecule has 0 radical (unpaired) electrons. The largest absolute Gasteiger partial charge is 0.398 e. The van der Waals surface area contributed by atoms with E-state index >= 15 is 0 Å². The van der Waals surface area contributed by atoms with Gasteiger partial charge in [0.05, 0.1) is 16.3 Å². The second-order valence-corrected chi connectivity index (χ2v) is 12.8. The molecule has 1 heterocycles. The lowest BCUT2D eigenvalue weighted by Crippen LogP contribution is -2.06. The summed E-state index contributed by atoms with van der Waals surface area (Å²) in [5.74, 6) is 0. The van der Waals surface area contributed by atoms with Gasteiger partial charge in [0.2, 0.25) is 0 Å². The zero-order chi connectivity index (χ0) is 27.0. The molecule has 0 saturated heterocycles. The number of hydrogen-bond donors (Lipinski definition) is 5. The highest BCUT2D eigenvalue weighted by Crippen LogP contribution is 2.36. The van der Waals surface area contributed by atoms with Crippen molar-refractivity contribution in [2.24, 2.45) is 0 Å². The van der Waals surface area contributed by atoms with E-state index in [-0.39, 0.29) is 11.4 Å². The Morgan fingerprint density at radius 2 is 1.19 bits per heavy atom. The van der Waals surface area contributed by atoms with Crippen LogP contribution in [0.25, 0.3) is 27.5 Å². The average molecular weight is 581 g/mol. The van der Waals surface area contributed by atoms with E-state index in [1.807, 2.05) is 0 Å². The van der Waals surface area contributed by atoms with Gasteiger partial charge in [-0.25, -0.2) is 0 Å². The van der Waals surface area contributed by atoms with Gasteiger partial charge in [0.1, 0.15) is 25.7 Å². The molecular formula is C16H12N4O12S4. The third kappa shape index (κ3) is 4.51. The Hall–Kier alpha value is -3.24. The van der Waals surface area contributed by atoms with Crippen LogP contribution in [0.5, 0.6) is 0 Å². The molecule has 0 amide bonds. The molecule has 4 rings (SSSR count). The van der Waals surface area contributed by atoms with E-state index in [4.69, 9.17) is 5.73 Å². The summed E-state index contributed by atoms with van der Waals surface area (Å²) in [5.41, 5.74) is 3.67. The lowest BCUT2D eigenvalue weighted by molar-refractivity contribution is 0.479. The molecule has 192 valence electrons. The Balaban J connectivity index is 2.23. The minimum Gasteiger partial charge on any atom is -0.398 e. The fourth-order valence-electron chi connectivity index (χ4n) is 3.36. The number of aromatic nitrogens is 3. The van der Waals surface area contributed by atoms with E-state index in [1.54, 1.807) is 0 Å². The normalized spacial score (nSPS) is 13.4. The fraction of sp³-hybridized carbons (Fsp3) is 0. The minimum atomic E-state index is -5.23. The maximum absolute atomic E-state index is 12.1. The van der Waals surface area contributed by atoms with E-state index in [1.165, 1.54) is 0 Å². The predicted octanol–water partition coefficient (Wildman–Crippen LogP) is 0.143. The fourth-order valence-corrected chi connectivity index (χ4v) is 6.02. The van der Waals surface area contributed by atoms with Crippen LogP contribution >= 0.6 is 0 Å². The summed E-state index contributed by atoms with van der Waals surface area (Å²) >= 11 is 0. The molecule has 0 bridgehead atoms. The summed E-state index contributed by atoms with van der Waals surface area (Å²) in [5, 5.41) is 6.72. The summed E-state index contributed by atoms with van der Waals surface area (Å²) in [4.78, 5) is -3.28. The molecular weight excluding hydrogens is 568 g/mol. The van der Waals surface area contributed by atoms with Crippen LogP contribution < -0.4 is 5.73 Å². The third-order valence-corrected chi connectivity index (χ3v) is 8.32. The highest BCUT2D eigenvalue weighted by molar-refractivity contribution is 7.87. The quantitative estimate of drug-likeness (QED) is 0.155. The van der Waals surface area contributed by atoms with Crippen molar-refractivity contribution in [3.63, 3.8) is 0 Å². The lowest BCUT2D eigenvalue weighted by atomic mass is 10.1. The number of benzene rings is 3. The maximum atomic E-state index is 12.1. The molecule has 0 spiro atoms. The van der Waals surface area contributed by atoms with Crippen molar-refractivity contribution in [3.05, 3.63) is 36.4 Å².